The minimum absolute atomic E-state index is 0. The highest BCUT2D eigenvalue weighted by molar-refractivity contribution is 8.93. The second-order valence-corrected chi connectivity index (χ2v) is 8.20. The van der Waals surface area contributed by atoms with Gasteiger partial charge >= 0.3 is 0 Å². The van der Waals surface area contributed by atoms with Crippen molar-refractivity contribution in [1.29, 1.82) is 5.26 Å². The number of hydrogen-bond donors (Lipinski definition) is 3. The Morgan fingerprint density at radius 1 is 1.15 bits per heavy atom. The maximum absolute atomic E-state index is 14.4. The summed E-state index contributed by atoms with van der Waals surface area (Å²) >= 11 is 0. The summed E-state index contributed by atoms with van der Waals surface area (Å²) in [4.78, 5) is 6.92. The van der Waals surface area contributed by atoms with E-state index in [1.807, 2.05) is 19.1 Å². The summed E-state index contributed by atoms with van der Waals surface area (Å²) in [5, 5.41) is 31.1. The number of nitrogens with one attached hydrogen (secondary N) is 2. The molecule has 34 heavy (non-hydrogen) atoms. The van der Waals surface area contributed by atoms with Gasteiger partial charge in [-0.3, -0.25) is 5.10 Å². The van der Waals surface area contributed by atoms with Crippen LogP contribution < -0.4 is 10.2 Å². The van der Waals surface area contributed by atoms with Gasteiger partial charge in [0.05, 0.1) is 16.6 Å². The van der Waals surface area contributed by atoms with Crippen LogP contribution in [0.15, 0.2) is 42.5 Å². The maximum Gasteiger partial charge on any atom is 0.182 e. The van der Waals surface area contributed by atoms with E-state index in [4.69, 9.17) is 0 Å². The predicted molar refractivity (Wildman–Crippen MR) is 135 cm³/mol. The molecule has 0 unspecified atom stereocenters. The number of H-pyrrole nitrogens is 1. The highest BCUT2D eigenvalue weighted by Gasteiger charge is 2.21. The minimum atomic E-state index is -0.541. The summed E-state index contributed by atoms with van der Waals surface area (Å²) in [7, 11) is 0. The van der Waals surface area contributed by atoms with Crippen LogP contribution in [0.5, 0.6) is 5.75 Å². The number of piperazine rings is 1. The number of rotatable bonds is 4. The van der Waals surface area contributed by atoms with E-state index in [0.29, 0.717) is 22.5 Å². The molecule has 0 saturated carbocycles. The number of hydrogen-bond acceptors (Lipinski definition) is 6. The number of aryl methyl sites for hydroxylation is 1. The fourth-order valence-electron chi connectivity index (χ4n) is 4.41. The Labute approximate surface area is 207 Å². The molecule has 3 N–H and O–H groups in total. The molecule has 174 valence electrons. The third kappa shape index (κ3) is 4.34. The number of pyridine rings is 1. The van der Waals surface area contributed by atoms with E-state index in [1.54, 1.807) is 0 Å². The molecule has 5 rings (SSSR count). The summed E-state index contributed by atoms with van der Waals surface area (Å²) in [5.41, 5.74) is 5.27. The van der Waals surface area contributed by atoms with Crippen molar-refractivity contribution in [2.75, 3.05) is 31.1 Å². The molecule has 0 radical (unpaired) electrons. The first-order chi connectivity index (χ1) is 16.0. The fourth-order valence-corrected chi connectivity index (χ4v) is 4.41. The first-order valence-electron chi connectivity index (χ1n) is 10.9. The molecule has 4 aromatic rings. The van der Waals surface area contributed by atoms with Crippen molar-refractivity contribution >= 4 is 33.7 Å². The smallest absolute Gasteiger partial charge is 0.182 e. The van der Waals surface area contributed by atoms with Crippen molar-refractivity contribution in [1.82, 2.24) is 20.5 Å². The normalized spacial score (nSPS) is 13.5. The Morgan fingerprint density at radius 3 is 2.56 bits per heavy atom. The van der Waals surface area contributed by atoms with Gasteiger partial charge in [0, 0.05) is 55.6 Å². The Bertz CT molecular complexity index is 1370. The van der Waals surface area contributed by atoms with E-state index in [0.717, 1.165) is 60.1 Å². The summed E-state index contributed by atoms with van der Waals surface area (Å²) < 4.78 is 14.4. The Kier molecular flexibility index (Phi) is 6.82. The van der Waals surface area contributed by atoms with Crippen LogP contribution >= 0.6 is 17.0 Å². The molecule has 2 aromatic carbocycles. The van der Waals surface area contributed by atoms with Gasteiger partial charge in [-0.15, -0.1) is 17.0 Å². The number of fused-ring (bicyclic) bond motifs is 1. The van der Waals surface area contributed by atoms with Crippen molar-refractivity contribution in [2.24, 2.45) is 0 Å². The van der Waals surface area contributed by atoms with E-state index in [-0.39, 0.29) is 29.2 Å². The highest BCUT2D eigenvalue weighted by Crippen LogP contribution is 2.35. The molecule has 1 aliphatic heterocycles. The zero-order valence-electron chi connectivity index (χ0n) is 18.6. The molecule has 3 heterocycles. The number of phenols is 1. The summed E-state index contributed by atoms with van der Waals surface area (Å²) in [6, 6.07) is 14.5. The zero-order valence-corrected chi connectivity index (χ0v) is 20.3. The average Bonchev–Trinajstić information content (AvgIpc) is 3.21. The van der Waals surface area contributed by atoms with Crippen LogP contribution in [0, 0.1) is 24.1 Å². The summed E-state index contributed by atoms with van der Waals surface area (Å²) in [5.74, 6) is -0.686. The monoisotopic (exact) mass is 522 g/mol. The van der Waals surface area contributed by atoms with Gasteiger partial charge in [-0.25, -0.2) is 9.37 Å². The topological polar surface area (TPSA) is 101 Å². The molecule has 0 aliphatic carbocycles. The van der Waals surface area contributed by atoms with Gasteiger partial charge in [-0.1, -0.05) is 18.2 Å². The van der Waals surface area contributed by atoms with E-state index < -0.39 is 5.82 Å². The number of nitriles is 1. The lowest BCUT2D eigenvalue weighted by atomic mass is 9.93. The first kappa shape index (κ1) is 23.7. The number of nitrogens with zero attached hydrogens (tertiary/aromatic N) is 4. The van der Waals surface area contributed by atoms with Gasteiger partial charge in [0.1, 0.15) is 17.6 Å². The zero-order chi connectivity index (χ0) is 22.9. The summed E-state index contributed by atoms with van der Waals surface area (Å²) in [6.45, 7) is 5.71. The van der Waals surface area contributed by atoms with Gasteiger partial charge in [0.2, 0.25) is 0 Å². The van der Waals surface area contributed by atoms with Crippen molar-refractivity contribution in [3.63, 3.8) is 0 Å². The number of phenolic OH excluding ortho intramolecular Hbond substituents is 1. The van der Waals surface area contributed by atoms with Crippen LogP contribution in [0.1, 0.15) is 22.5 Å². The minimum Gasteiger partial charge on any atom is -0.508 e. The third-order valence-electron chi connectivity index (χ3n) is 6.10. The number of aromatic hydroxyl groups is 1. The Morgan fingerprint density at radius 2 is 1.88 bits per heavy atom. The number of aromatic amines is 1. The average molecular weight is 523 g/mol. The molecule has 1 fully saturated rings. The second-order valence-electron chi connectivity index (χ2n) is 8.20. The molecular weight excluding hydrogens is 499 g/mol. The van der Waals surface area contributed by atoms with Crippen LogP contribution in [-0.2, 0) is 6.42 Å². The molecule has 2 aromatic heterocycles. The van der Waals surface area contributed by atoms with Crippen molar-refractivity contribution in [3.8, 4) is 22.9 Å². The lowest BCUT2D eigenvalue weighted by molar-refractivity contribution is 0.468. The number of benzene rings is 2. The molecule has 0 spiro atoms. The lowest BCUT2D eigenvalue weighted by Gasteiger charge is -2.29. The molecule has 0 bridgehead atoms. The molecule has 9 heteroatoms. The lowest BCUT2D eigenvalue weighted by Crippen LogP contribution is -2.43. The van der Waals surface area contributed by atoms with Crippen LogP contribution in [0.4, 0.5) is 10.1 Å². The van der Waals surface area contributed by atoms with Crippen molar-refractivity contribution < 1.29 is 9.50 Å². The van der Waals surface area contributed by atoms with E-state index in [9.17, 15) is 14.8 Å². The molecule has 1 saturated heterocycles. The van der Waals surface area contributed by atoms with Crippen molar-refractivity contribution in [2.45, 2.75) is 13.3 Å². The van der Waals surface area contributed by atoms with Crippen LogP contribution in [0.2, 0.25) is 0 Å². The van der Waals surface area contributed by atoms with Crippen LogP contribution in [0.25, 0.3) is 22.2 Å². The van der Waals surface area contributed by atoms with Gasteiger partial charge in [-0.2, -0.15) is 10.4 Å². The van der Waals surface area contributed by atoms with Gasteiger partial charge < -0.3 is 15.3 Å². The molecule has 0 amide bonds. The Hall–Kier alpha value is -3.48. The third-order valence-corrected chi connectivity index (χ3v) is 6.10. The second kappa shape index (κ2) is 9.79. The maximum atomic E-state index is 14.4. The quantitative estimate of drug-likeness (QED) is 0.370. The van der Waals surface area contributed by atoms with Gasteiger partial charge in [0.15, 0.2) is 5.65 Å². The van der Waals surface area contributed by atoms with Gasteiger partial charge in [-0.05, 0) is 36.2 Å². The van der Waals surface area contributed by atoms with E-state index in [2.05, 4.69) is 43.6 Å². The number of halogens is 2. The largest absolute Gasteiger partial charge is 0.508 e. The summed E-state index contributed by atoms with van der Waals surface area (Å²) in [6.07, 6.45) is 0.114. The number of aromatic nitrogens is 3. The van der Waals surface area contributed by atoms with Crippen LogP contribution in [-0.4, -0.2) is 46.5 Å². The Balaban J connectivity index is 0.00000274. The predicted octanol–water partition coefficient (Wildman–Crippen LogP) is 4.23. The van der Waals surface area contributed by atoms with Crippen LogP contribution in [0.3, 0.4) is 0 Å². The highest BCUT2D eigenvalue weighted by atomic mass is 79.9. The molecule has 7 nitrogen and oxygen atoms in total. The first-order valence-corrected chi connectivity index (χ1v) is 10.9. The number of anilines is 1. The van der Waals surface area contributed by atoms with Gasteiger partial charge in [0.25, 0.3) is 0 Å². The molecular formula is C25H24BrFN6O. The SMILES string of the molecule is Br.Cc1[nH]nc2nc(Cc3ccc(O)cc3F)c(C#N)c(-c3ccc(N4CCNCC4)cc3)c12. The molecule has 0 atom stereocenters. The van der Waals surface area contributed by atoms with Crippen molar-refractivity contribution in [3.05, 3.63) is 70.8 Å². The fraction of sp³-hybridized carbons (Fsp3) is 0.240. The molecule has 1 aliphatic rings. The van der Waals surface area contributed by atoms with E-state index >= 15 is 0 Å². The van der Waals surface area contributed by atoms with E-state index in [1.165, 1.54) is 12.1 Å². The standard InChI is InChI=1S/C25H23FN6O.BrH/c1-15-23-24(16-2-5-18(6-3-16)32-10-8-28-9-11-32)20(14-27)22(29-25(23)31-30-15)12-17-4-7-19(33)13-21(17)26;/h2-7,13,28,33H,8-12H2,1H3,(H,29,30,31);1H.